The number of fused-ring (bicyclic) bond motifs is 2. The molecule has 4 saturated heterocycles. The van der Waals surface area contributed by atoms with Crippen LogP contribution in [0.25, 0.3) is 0 Å². The fourth-order valence-corrected chi connectivity index (χ4v) is 11.7. The number of ketones is 2. The Labute approximate surface area is 463 Å². The monoisotopic (exact) mass is 1090 g/mol. The van der Waals surface area contributed by atoms with Gasteiger partial charge in [0.25, 0.3) is 0 Å². The number of ether oxygens (including phenoxy) is 1. The quantitative estimate of drug-likeness (QED) is 0.318. The van der Waals surface area contributed by atoms with E-state index in [1.54, 1.807) is 20.9 Å². The zero-order valence-corrected chi connectivity index (χ0v) is 48.6. The largest absolute Gasteiger partial charge is 0.381 e. The van der Waals surface area contributed by atoms with Crippen molar-refractivity contribution in [3.63, 3.8) is 0 Å². The van der Waals surface area contributed by atoms with Crippen LogP contribution in [0.4, 0.5) is 0 Å². The SMILES string of the molecule is CCN1CC(=O)N[C@@H](CC(C)C)C(=O)N2CCC[C@@H]2C(=O)N(C)[C@@H](CC(C)C)C(=O)C[C@@H](C)C(=O)N(CC2CCOCC2)CC(=O)C[C@@H](Cc2ccccc2)C(=O)N2CCC[C@@H]2C(=O)N(C)[C@@H](CC(C)C)C(=O)N[C@@H](C)C1=O. The summed E-state index contributed by atoms with van der Waals surface area (Å²) in [6, 6.07) is 3.32. The molecule has 19 heteroatoms. The molecule has 4 aliphatic rings. The van der Waals surface area contributed by atoms with Gasteiger partial charge in [0, 0.05) is 78.2 Å². The van der Waals surface area contributed by atoms with E-state index in [0.29, 0.717) is 58.2 Å². The number of Topliss-reactive ketones (excluding diaryl/α,β-unsaturated/α-hetero) is 2. The van der Waals surface area contributed by atoms with Gasteiger partial charge in [0.1, 0.15) is 30.2 Å². The normalized spacial score (nSPS) is 27.6. The van der Waals surface area contributed by atoms with Crippen molar-refractivity contribution >= 4 is 58.8 Å². The van der Waals surface area contributed by atoms with E-state index in [4.69, 9.17) is 4.74 Å². The first kappa shape index (κ1) is 63.1. The Morgan fingerprint density at radius 3 is 1.72 bits per heavy atom. The minimum atomic E-state index is -1.12. The van der Waals surface area contributed by atoms with Gasteiger partial charge in [-0.2, -0.15) is 0 Å². The molecule has 78 heavy (non-hydrogen) atoms. The summed E-state index contributed by atoms with van der Waals surface area (Å²) in [6.07, 6.45) is 3.54. The van der Waals surface area contributed by atoms with Crippen LogP contribution in [0.3, 0.4) is 0 Å². The molecule has 5 rings (SSSR count). The van der Waals surface area contributed by atoms with Crippen molar-refractivity contribution in [3.05, 3.63) is 35.9 Å². The van der Waals surface area contributed by atoms with Gasteiger partial charge < -0.3 is 44.8 Å². The van der Waals surface area contributed by atoms with E-state index in [9.17, 15) is 47.9 Å². The first-order chi connectivity index (χ1) is 36.9. The first-order valence-corrected chi connectivity index (χ1v) is 28.9. The van der Waals surface area contributed by atoms with Gasteiger partial charge in [0.2, 0.25) is 47.3 Å². The highest BCUT2D eigenvalue weighted by Crippen LogP contribution is 2.29. The van der Waals surface area contributed by atoms with Crippen LogP contribution in [0.2, 0.25) is 0 Å². The second kappa shape index (κ2) is 29.5. The molecule has 434 valence electrons. The topological polar surface area (TPSA) is 223 Å². The molecule has 4 heterocycles. The van der Waals surface area contributed by atoms with Gasteiger partial charge in [-0.1, -0.05) is 78.8 Å². The van der Waals surface area contributed by atoms with Crippen LogP contribution in [0.1, 0.15) is 139 Å². The number of likely N-dealkylation sites (N-methyl/N-ethyl adjacent to an activating group) is 3. The molecule has 4 fully saturated rings. The van der Waals surface area contributed by atoms with Crippen LogP contribution in [0, 0.1) is 35.5 Å². The molecule has 19 nitrogen and oxygen atoms in total. The van der Waals surface area contributed by atoms with Crippen LogP contribution in [-0.2, 0) is 59.1 Å². The second-order valence-corrected chi connectivity index (χ2v) is 23.9. The molecule has 4 aliphatic heterocycles. The summed E-state index contributed by atoms with van der Waals surface area (Å²) in [5.74, 6) is -6.45. The lowest BCUT2D eigenvalue weighted by Gasteiger charge is -2.36. The van der Waals surface area contributed by atoms with Crippen molar-refractivity contribution in [3.8, 4) is 0 Å². The minimum Gasteiger partial charge on any atom is -0.381 e. The summed E-state index contributed by atoms with van der Waals surface area (Å²) in [7, 11) is 3.08. The Kier molecular flexibility index (Phi) is 23.9. The maximum absolute atomic E-state index is 15.0. The Bertz CT molecular complexity index is 2270. The highest BCUT2D eigenvalue weighted by molar-refractivity contribution is 5.99. The Morgan fingerprint density at radius 1 is 0.603 bits per heavy atom. The average molecular weight is 1090 g/mol. The van der Waals surface area contributed by atoms with Crippen LogP contribution < -0.4 is 10.6 Å². The molecule has 0 aromatic heterocycles. The number of nitrogens with one attached hydrogen (secondary N) is 2. The molecule has 2 N–H and O–H groups in total. The molecule has 0 aliphatic carbocycles. The highest BCUT2D eigenvalue weighted by atomic mass is 16.5. The van der Waals surface area contributed by atoms with Gasteiger partial charge in [-0.25, -0.2) is 0 Å². The molecule has 8 amide bonds. The summed E-state index contributed by atoms with van der Waals surface area (Å²) >= 11 is 0. The van der Waals surface area contributed by atoms with Crippen molar-refractivity contribution in [2.24, 2.45) is 35.5 Å². The fourth-order valence-electron chi connectivity index (χ4n) is 11.7. The lowest BCUT2D eigenvalue weighted by Crippen LogP contribution is -2.58. The predicted molar refractivity (Wildman–Crippen MR) is 295 cm³/mol. The van der Waals surface area contributed by atoms with E-state index in [1.807, 2.05) is 71.9 Å². The third-order valence-corrected chi connectivity index (χ3v) is 16.0. The highest BCUT2D eigenvalue weighted by Gasteiger charge is 2.44. The van der Waals surface area contributed by atoms with E-state index < -0.39 is 96.0 Å². The van der Waals surface area contributed by atoms with Crippen LogP contribution in [0.5, 0.6) is 0 Å². The van der Waals surface area contributed by atoms with Crippen LogP contribution in [-0.4, -0.2) is 191 Å². The van der Waals surface area contributed by atoms with Gasteiger partial charge >= 0.3 is 0 Å². The smallest absolute Gasteiger partial charge is 0.245 e. The minimum absolute atomic E-state index is 0.0237. The Hall–Kier alpha value is -5.72. The number of hydrogen-bond acceptors (Lipinski definition) is 11. The molecule has 0 spiro atoms. The Morgan fingerprint density at radius 2 is 1.15 bits per heavy atom. The lowest BCUT2D eigenvalue weighted by molar-refractivity contribution is -0.150. The third-order valence-electron chi connectivity index (χ3n) is 16.0. The van der Waals surface area contributed by atoms with Gasteiger partial charge in [0.05, 0.1) is 19.1 Å². The second-order valence-electron chi connectivity index (χ2n) is 23.9. The van der Waals surface area contributed by atoms with Crippen molar-refractivity contribution in [2.75, 3.05) is 66.6 Å². The lowest BCUT2D eigenvalue weighted by atomic mass is 9.90. The van der Waals surface area contributed by atoms with Crippen molar-refractivity contribution in [2.45, 2.75) is 176 Å². The number of benzene rings is 1. The third kappa shape index (κ3) is 17.1. The van der Waals surface area contributed by atoms with Gasteiger partial charge in [-0.05, 0) is 107 Å². The Balaban J connectivity index is 1.55. The molecule has 8 atom stereocenters. The summed E-state index contributed by atoms with van der Waals surface area (Å²) in [5, 5.41) is 5.66. The first-order valence-electron chi connectivity index (χ1n) is 28.9. The number of rotatable bonds is 11. The maximum atomic E-state index is 15.0. The molecule has 0 unspecified atom stereocenters. The zero-order valence-electron chi connectivity index (χ0n) is 48.6. The molecular formula is C59H92N8O11. The van der Waals surface area contributed by atoms with Crippen molar-refractivity contribution in [1.82, 2.24) is 40.0 Å². The van der Waals surface area contributed by atoms with E-state index in [2.05, 4.69) is 10.6 Å². The molecular weight excluding hydrogens is 997 g/mol. The number of nitrogens with zero attached hydrogens (tertiary/aromatic N) is 6. The average Bonchev–Trinajstić information content (AvgIpc) is 4.13. The summed E-state index contributed by atoms with van der Waals surface area (Å²) in [6.45, 7) is 17.5. The predicted octanol–water partition coefficient (Wildman–Crippen LogP) is 4.28. The van der Waals surface area contributed by atoms with Crippen molar-refractivity contribution < 1.29 is 52.7 Å². The maximum Gasteiger partial charge on any atom is 0.245 e. The van der Waals surface area contributed by atoms with E-state index in [-0.39, 0.29) is 106 Å². The standard InChI is InChI=1S/C59H92N8O11/c1-12-64-36-52(70)61-46(28-37(2)3)57(75)67-25-17-21-48(67)58(76)62(10)49(29-38(4)5)51(69)31-40(8)54(72)65(34-43-22-26-78-27-23-43)35-45(68)33-44(32-42-18-14-13-15-19-42)56(74)66-24-16-20-47(66)59(77)63(11)50(30-39(6)7)53(71)60-41(9)55(64)73/h13-15,18-19,37-41,43-44,46-50H,12,16-17,20-36H2,1-11H3,(H,60,71)(H,61,70)/t40-,41+,44-,46+,47-,48-,49+,50+/m1/s1. The number of hydrogen-bond donors (Lipinski definition) is 2. The summed E-state index contributed by atoms with van der Waals surface area (Å²) in [5.41, 5.74) is 0.809. The van der Waals surface area contributed by atoms with Gasteiger partial charge in [-0.15, -0.1) is 0 Å². The van der Waals surface area contributed by atoms with Crippen LogP contribution >= 0.6 is 0 Å². The van der Waals surface area contributed by atoms with Crippen LogP contribution in [0.15, 0.2) is 30.3 Å². The number of carbonyl (C=O) groups excluding carboxylic acids is 10. The fraction of sp³-hybridized carbons (Fsp3) is 0.729. The number of amides is 8. The summed E-state index contributed by atoms with van der Waals surface area (Å²) < 4.78 is 5.63. The molecule has 0 bridgehead atoms. The van der Waals surface area contributed by atoms with E-state index in [1.165, 1.54) is 43.4 Å². The van der Waals surface area contributed by atoms with Gasteiger partial charge in [0.15, 0.2) is 11.6 Å². The molecule has 0 saturated carbocycles. The van der Waals surface area contributed by atoms with E-state index in [0.717, 1.165) is 5.56 Å². The van der Waals surface area contributed by atoms with Crippen molar-refractivity contribution in [1.29, 1.82) is 0 Å². The van der Waals surface area contributed by atoms with E-state index >= 15 is 0 Å². The molecule has 0 radical (unpaired) electrons. The molecule has 1 aromatic carbocycles. The number of carbonyl (C=O) groups is 10. The molecule has 1 aromatic rings. The summed E-state index contributed by atoms with van der Waals surface area (Å²) in [4.78, 5) is 154. The zero-order chi connectivity index (χ0) is 57.5. The van der Waals surface area contributed by atoms with Gasteiger partial charge in [-0.3, -0.25) is 47.9 Å².